The molecule has 2 fully saturated rings. The van der Waals surface area contributed by atoms with Gasteiger partial charge in [-0.15, -0.1) is 0 Å². The summed E-state index contributed by atoms with van der Waals surface area (Å²) >= 11 is 0. The summed E-state index contributed by atoms with van der Waals surface area (Å²) in [6.07, 6.45) is 3.06. The van der Waals surface area contributed by atoms with Crippen molar-refractivity contribution in [1.82, 2.24) is 25.2 Å². The number of nitrogens with one attached hydrogen (secondary N) is 3. The first-order chi connectivity index (χ1) is 26.9. The fraction of sp³-hybridized carbons (Fsp3) is 0.513. The van der Waals surface area contributed by atoms with E-state index in [1.165, 1.54) is 17.0 Å². The standard InChI is InChI=1S/C39H46F3N5O9S/c1-38(2,3)56-36(51)43-31-16-8-6-4-5-7-12-24-18-39(24,35(50)45-57(53,54)22-27-29(41)14-10-15-30(27)42)44-33(48)32-17-25(20-47(32)34(31)49)55-37(52)46-19-23-11-9-13-28(40)26(23)21-46/h7,9-15,24-25,31-32H,4-6,8,16-22H2,1-3H3,(H,43,51)(H,44,48)(H,45,50)/t24-,25-,31+,32+,39-/m1/s1. The van der Waals surface area contributed by atoms with Crippen molar-refractivity contribution in [3.63, 3.8) is 0 Å². The highest BCUT2D eigenvalue weighted by atomic mass is 32.2. The Bertz CT molecular complexity index is 2060. The number of ether oxygens (including phenoxy) is 2. The minimum atomic E-state index is -4.69. The number of alkyl carbamates (subject to hydrolysis) is 1. The van der Waals surface area contributed by atoms with Gasteiger partial charge < -0.3 is 25.0 Å². The number of fused-ring (bicyclic) bond motifs is 3. The Hall–Kier alpha value is -5.13. The molecule has 3 N–H and O–H groups in total. The lowest BCUT2D eigenvalue weighted by Crippen LogP contribution is -2.58. The number of carbonyl (C=O) groups excluding carboxylic acids is 5. The molecule has 1 aliphatic carbocycles. The van der Waals surface area contributed by atoms with Gasteiger partial charge in [0.2, 0.25) is 21.8 Å². The molecule has 1 saturated heterocycles. The van der Waals surface area contributed by atoms with Gasteiger partial charge in [-0.1, -0.05) is 43.2 Å². The molecule has 308 valence electrons. The topological polar surface area (TPSA) is 181 Å². The zero-order valence-corrected chi connectivity index (χ0v) is 32.6. The van der Waals surface area contributed by atoms with Gasteiger partial charge in [0.15, 0.2) is 0 Å². The van der Waals surface area contributed by atoms with E-state index < -0.39 is 104 Å². The minimum Gasteiger partial charge on any atom is -0.444 e. The van der Waals surface area contributed by atoms with Crippen molar-refractivity contribution in [2.45, 2.75) is 114 Å². The molecule has 0 aromatic heterocycles. The number of nitrogens with zero attached hydrogens (tertiary/aromatic N) is 2. The lowest BCUT2D eigenvalue weighted by Gasteiger charge is -2.30. The molecule has 18 heteroatoms. The quantitative estimate of drug-likeness (QED) is 0.355. The van der Waals surface area contributed by atoms with Crippen molar-refractivity contribution in [1.29, 1.82) is 0 Å². The summed E-state index contributed by atoms with van der Waals surface area (Å²) in [6, 6.07) is 4.81. The third-order valence-electron chi connectivity index (χ3n) is 10.4. The van der Waals surface area contributed by atoms with Crippen LogP contribution in [0.1, 0.15) is 82.4 Å². The second kappa shape index (κ2) is 16.4. The fourth-order valence-electron chi connectivity index (χ4n) is 7.47. The molecule has 4 aliphatic rings. The Labute approximate surface area is 328 Å². The molecule has 3 heterocycles. The van der Waals surface area contributed by atoms with E-state index in [0.29, 0.717) is 36.8 Å². The molecule has 2 aromatic carbocycles. The number of carbonyl (C=O) groups is 5. The average molecular weight is 818 g/mol. The van der Waals surface area contributed by atoms with Crippen LogP contribution in [-0.2, 0) is 52.7 Å². The van der Waals surface area contributed by atoms with E-state index in [-0.39, 0.29) is 38.9 Å². The Morgan fingerprint density at radius 1 is 0.982 bits per heavy atom. The molecule has 2 aromatic rings. The number of rotatable bonds is 6. The van der Waals surface area contributed by atoms with Crippen molar-refractivity contribution in [2.75, 3.05) is 6.54 Å². The van der Waals surface area contributed by atoms with Gasteiger partial charge >= 0.3 is 12.2 Å². The van der Waals surface area contributed by atoms with Crippen LogP contribution in [0.5, 0.6) is 0 Å². The summed E-state index contributed by atoms with van der Waals surface area (Å²) in [7, 11) is -4.69. The summed E-state index contributed by atoms with van der Waals surface area (Å²) in [5, 5.41) is 5.28. The molecular weight excluding hydrogens is 772 g/mol. The van der Waals surface area contributed by atoms with Gasteiger partial charge in [-0.25, -0.2) is 31.2 Å². The smallest absolute Gasteiger partial charge is 0.410 e. The van der Waals surface area contributed by atoms with Crippen LogP contribution in [-0.4, -0.2) is 84.0 Å². The largest absolute Gasteiger partial charge is 0.444 e. The van der Waals surface area contributed by atoms with Crippen LogP contribution < -0.4 is 15.4 Å². The predicted octanol–water partition coefficient (Wildman–Crippen LogP) is 4.46. The van der Waals surface area contributed by atoms with Crippen LogP contribution >= 0.6 is 0 Å². The molecule has 5 amide bonds. The normalized spacial score (nSPS) is 25.2. The Kier molecular flexibility index (Phi) is 11.9. The molecule has 0 unspecified atom stereocenters. The first-order valence-electron chi connectivity index (χ1n) is 18.8. The number of hydrogen-bond donors (Lipinski definition) is 3. The highest BCUT2D eigenvalue weighted by Gasteiger charge is 2.61. The van der Waals surface area contributed by atoms with Gasteiger partial charge in [-0.3, -0.25) is 24.0 Å². The van der Waals surface area contributed by atoms with Crippen LogP contribution in [0.2, 0.25) is 0 Å². The Balaban J connectivity index is 1.26. The van der Waals surface area contributed by atoms with E-state index in [9.17, 15) is 45.6 Å². The molecule has 6 rings (SSSR count). The van der Waals surface area contributed by atoms with E-state index >= 15 is 0 Å². The van der Waals surface area contributed by atoms with Crippen LogP contribution in [0.3, 0.4) is 0 Å². The lowest BCUT2D eigenvalue weighted by atomic mass is 10.0. The number of hydrogen-bond acceptors (Lipinski definition) is 9. The van der Waals surface area contributed by atoms with Gasteiger partial charge in [-0.2, -0.15) is 0 Å². The summed E-state index contributed by atoms with van der Waals surface area (Å²) in [5.74, 6) is -7.28. The summed E-state index contributed by atoms with van der Waals surface area (Å²) < 4.78 is 82.5. The van der Waals surface area contributed by atoms with Crippen molar-refractivity contribution >= 4 is 39.9 Å². The van der Waals surface area contributed by atoms with Crippen molar-refractivity contribution in [3.8, 4) is 0 Å². The monoisotopic (exact) mass is 817 g/mol. The highest BCUT2D eigenvalue weighted by molar-refractivity contribution is 7.89. The number of sulfonamides is 1. The number of benzene rings is 2. The highest BCUT2D eigenvalue weighted by Crippen LogP contribution is 2.46. The van der Waals surface area contributed by atoms with E-state index in [1.807, 2.05) is 4.72 Å². The molecule has 57 heavy (non-hydrogen) atoms. The zero-order chi connectivity index (χ0) is 41.3. The van der Waals surface area contributed by atoms with Gasteiger partial charge in [0, 0.05) is 30.0 Å². The van der Waals surface area contributed by atoms with Gasteiger partial charge in [0.25, 0.3) is 5.91 Å². The molecule has 0 spiro atoms. The maximum absolute atomic E-state index is 14.5. The molecule has 0 bridgehead atoms. The first-order valence-corrected chi connectivity index (χ1v) is 20.5. The van der Waals surface area contributed by atoms with Crippen LogP contribution in [0.15, 0.2) is 48.6 Å². The SMILES string of the molecule is CC(C)(C)OC(=O)N[C@H]1CCCCCC=C[C@@H]2C[C@@]2(C(=O)NS(=O)(=O)Cc2c(F)cccc2F)NC(=O)[C@@H]2C[C@@H](OC(=O)N3Cc4cccc(F)c4C3)CN2C1=O. The van der Waals surface area contributed by atoms with E-state index in [4.69, 9.17) is 9.47 Å². The molecule has 0 radical (unpaired) electrons. The maximum Gasteiger partial charge on any atom is 0.410 e. The molecule has 3 aliphatic heterocycles. The second-order valence-corrected chi connectivity index (χ2v) is 17.6. The van der Waals surface area contributed by atoms with Gasteiger partial charge in [-0.05, 0) is 70.2 Å². The van der Waals surface area contributed by atoms with E-state index in [2.05, 4.69) is 10.6 Å². The van der Waals surface area contributed by atoms with Crippen LogP contribution in [0.4, 0.5) is 22.8 Å². The van der Waals surface area contributed by atoms with Gasteiger partial charge in [0.1, 0.15) is 52.5 Å². The fourth-order valence-corrected chi connectivity index (χ4v) is 8.66. The minimum absolute atomic E-state index is 0.0291. The van der Waals surface area contributed by atoms with Crippen molar-refractivity contribution in [2.24, 2.45) is 5.92 Å². The number of allylic oxidation sites excluding steroid dienone is 1. The van der Waals surface area contributed by atoms with E-state index in [1.54, 1.807) is 39.0 Å². The first kappa shape index (κ1) is 41.5. The van der Waals surface area contributed by atoms with E-state index in [0.717, 1.165) is 23.1 Å². The predicted molar refractivity (Wildman–Crippen MR) is 198 cm³/mol. The third-order valence-corrected chi connectivity index (χ3v) is 11.6. The summed E-state index contributed by atoms with van der Waals surface area (Å²) in [4.78, 5) is 71.2. The van der Waals surface area contributed by atoms with Crippen LogP contribution in [0.25, 0.3) is 0 Å². The van der Waals surface area contributed by atoms with Crippen molar-refractivity contribution < 1.29 is 55.0 Å². The third kappa shape index (κ3) is 9.71. The molecule has 14 nitrogen and oxygen atoms in total. The Morgan fingerprint density at radius 2 is 1.68 bits per heavy atom. The van der Waals surface area contributed by atoms with Crippen molar-refractivity contribution in [3.05, 3.63) is 82.7 Å². The molecule has 1 saturated carbocycles. The van der Waals surface area contributed by atoms with Gasteiger partial charge in [0.05, 0.1) is 13.1 Å². The number of halogens is 3. The maximum atomic E-state index is 14.5. The van der Waals surface area contributed by atoms with Crippen LogP contribution in [0, 0.1) is 23.4 Å². The number of amides is 5. The summed E-state index contributed by atoms with van der Waals surface area (Å²) in [6.45, 7) is 4.71. The Morgan fingerprint density at radius 3 is 2.39 bits per heavy atom. The second-order valence-electron chi connectivity index (χ2n) is 15.9. The molecular formula is C39H46F3N5O9S. The zero-order valence-electron chi connectivity index (χ0n) is 31.8. The average Bonchev–Trinajstić information content (AvgIpc) is 3.40. The molecule has 5 atom stereocenters. The lowest BCUT2D eigenvalue weighted by molar-refractivity contribution is -0.141. The summed E-state index contributed by atoms with van der Waals surface area (Å²) in [5.41, 5.74) is -2.53.